The van der Waals surface area contributed by atoms with Gasteiger partial charge in [0.15, 0.2) is 0 Å². The number of unbranched alkanes of at least 4 members (excludes halogenated alkanes) is 1. The molecule has 180 valence electrons. The smallest absolute Gasteiger partial charge is 0.124 e. The van der Waals surface area contributed by atoms with Crippen LogP contribution in [-0.2, 0) is 0 Å². The fourth-order valence-electron chi connectivity index (χ4n) is 5.80. The molecule has 0 saturated heterocycles. The number of benzene rings is 4. The zero-order valence-corrected chi connectivity index (χ0v) is 21.2. The Labute approximate surface area is 212 Å². The van der Waals surface area contributed by atoms with Gasteiger partial charge < -0.3 is 14.7 Å². The topological polar surface area (TPSA) is 40.8 Å². The van der Waals surface area contributed by atoms with Crippen LogP contribution in [0.2, 0.25) is 0 Å². The van der Waals surface area contributed by atoms with Gasteiger partial charge in [0.2, 0.25) is 0 Å². The lowest BCUT2D eigenvalue weighted by atomic mass is 9.79. The highest BCUT2D eigenvalue weighted by atomic mass is 16.5. The average Bonchev–Trinajstić information content (AvgIpc) is 3.41. The Morgan fingerprint density at radius 2 is 1.19 bits per heavy atom. The van der Waals surface area contributed by atoms with E-state index < -0.39 is 0 Å². The van der Waals surface area contributed by atoms with E-state index in [9.17, 15) is 0 Å². The molecule has 0 aliphatic rings. The zero-order chi connectivity index (χ0) is 24.6. The van der Waals surface area contributed by atoms with Crippen LogP contribution in [0.5, 0.6) is 5.75 Å². The van der Waals surface area contributed by atoms with Gasteiger partial charge in [0, 0.05) is 44.7 Å². The lowest BCUT2D eigenvalue weighted by molar-refractivity contribution is 0.306. The first-order chi connectivity index (χ1) is 17.7. The van der Waals surface area contributed by atoms with Crippen LogP contribution in [0.1, 0.15) is 53.8 Å². The average molecular weight is 473 g/mol. The summed E-state index contributed by atoms with van der Waals surface area (Å²) in [5.41, 5.74) is 8.59. The first kappa shape index (κ1) is 22.5. The molecule has 3 nitrogen and oxygen atoms in total. The van der Waals surface area contributed by atoms with Crippen LogP contribution in [0.25, 0.3) is 32.6 Å². The third kappa shape index (κ3) is 3.67. The summed E-state index contributed by atoms with van der Waals surface area (Å²) in [6.07, 6.45) is 2.14. The number of nitrogens with one attached hydrogen (secondary N) is 2. The van der Waals surface area contributed by atoms with Gasteiger partial charge in [0.05, 0.1) is 6.61 Å². The second-order valence-corrected chi connectivity index (χ2v) is 9.75. The maximum Gasteiger partial charge on any atom is 0.124 e. The van der Waals surface area contributed by atoms with Crippen molar-refractivity contribution in [2.45, 2.75) is 39.5 Å². The molecule has 0 amide bonds. The van der Waals surface area contributed by atoms with Crippen molar-refractivity contribution in [3.8, 4) is 5.75 Å². The van der Waals surface area contributed by atoms with E-state index in [1.807, 2.05) is 0 Å². The fourth-order valence-corrected chi connectivity index (χ4v) is 5.80. The van der Waals surface area contributed by atoms with Gasteiger partial charge in [-0.25, -0.2) is 0 Å². The van der Waals surface area contributed by atoms with E-state index in [-0.39, 0.29) is 5.92 Å². The lowest BCUT2D eigenvalue weighted by Crippen LogP contribution is -2.10. The Hall–Kier alpha value is -3.98. The monoisotopic (exact) mass is 472 g/mol. The summed E-state index contributed by atoms with van der Waals surface area (Å²) in [7, 11) is 0. The van der Waals surface area contributed by atoms with Crippen molar-refractivity contribution in [1.82, 2.24) is 9.97 Å². The number of rotatable bonds is 7. The van der Waals surface area contributed by atoms with E-state index in [0.717, 1.165) is 18.6 Å². The quantitative estimate of drug-likeness (QED) is 0.224. The van der Waals surface area contributed by atoms with Gasteiger partial charge in [-0.15, -0.1) is 0 Å². The van der Waals surface area contributed by atoms with Crippen LogP contribution < -0.4 is 4.74 Å². The predicted octanol–water partition coefficient (Wildman–Crippen LogP) is 8.78. The molecule has 0 atom stereocenters. The molecule has 2 N–H and O–H groups in total. The molecule has 0 aliphatic carbocycles. The van der Waals surface area contributed by atoms with E-state index in [2.05, 4.69) is 116 Å². The molecule has 3 heteroatoms. The molecular weight excluding hydrogens is 440 g/mol. The van der Waals surface area contributed by atoms with E-state index in [4.69, 9.17) is 4.74 Å². The molecule has 0 bridgehead atoms. The maximum absolute atomic E-state index is 6.55. The molecule has 4 aromatic carbocycles. The minimum Gasteiger partial charge on any atom is -0.493 e. The van der Waals surface area contributed by atoms with Gasteiger partial charge >= 0.3 is 0 Å². The molecule has 6 aromatic rings. The summed E-state index contributed by atoms with van der Waals surface area (Å²) in [5.74, 6) is 0.974. The first-order valence-electron chi connectivity index (χ1n) is 13.0. The number of ether oxygens (including phenoxy) is 1. The third-order valence-corrected chi connectivity index (χ3v) is 7.44. The molecule has 2 aromatic heterocycles. The number of aromatic nitrogens is 2. The summed E-state index contributed by atoms with van der Waals surface area (Å²) in [6, 6.07) is 30.4. The van der Waals surface area contributed by atoms with Gasteiger partial charge in [-0.1, -0.05) is 80.1 Å². The minimum absolute atomic E-state index is 0.0000246. The first-order valence-corrected chi connectivity index (χ1v) is 13.0. The molecule has 0 spiro atoms. The number of para-hydroxylation sites is 2. The van der Waals surface area contributed by atoms with Gasteiger partial charge in [0.1, 0.15) is 5.75 Å². The number of hydrogen-bond acceptors (Lipinski definition) is 1. The van der Waals surface area contributed by atoms with E-state index >= 15 is 0 Å². The normalized spacial score (nSPS) is 11.8. The number of aryl methyl sites for hydroxylation is 2. The lowest BCUT2D eigenvalue weighted by Gasteiger charge is -2.25. The van der Waals surface area contributed by atoms with Crippen LogP contribution in [0.15, 0.2) is 84.9 Å². The molecule has 36 heavy (non-hydrogen) atoms. The predicted molar refractivity (Wildman–Crippen MR) is 151 cm³/mol. The van der Waals surface area contributed by atoms with Gasteiger partial charge in [-0.05, 0) is 60.4 Å². The van der Waals surface area contributed by atoms with Crippen molar-refractivity contribution in [2.75, 3.05) is 6.61 Å². The van der Waals surface area contributed by atoms with E-state index in [1.54, 1.807) is 0 Å². The molecule has 2 heterocycles. The number of H-pyrrole nitrogens is 2. The summed E-state index contributed by atoms with van der Waals surface area (Å²) in [5, 5.41) is 5.00. The van der Waals surface area contributed by atoms with E-state index in [1.165, 1.54) is 60.7 Å². The van der Waals surface area contributed by atoms with Crippen LogP contribution >= 0.6 is 0 Å². The molecule has 0 radical (unpaired) electrons. The molecule has 0 fully saturated rings. The van der Waals surface area contributed by atoms with Crippen LogP contribution in [0, 0.1) is 13.8 Å². The summed E-state index contributed by atoms with van der Waals surface area (Å²) < 4.78 is 6.55. The Kier molecular flexibility index (Phi) is 5.77. The van der Waals surface area contributed by atoms with Gasteiger partial charge in [-0.3, -0.25) is 0 Å². The molecule has 0 saturated carbocycles. The second kappa shape index (κ2) is 9.23. The van der Waals surface area contributed by atoms with Gasteiger partial charge in [-0.2, -0.15) is 0 Å². The zero-order valence-electron chi connectivity index (χ0n) is 21.2. The summed E-state index contributed by atoms with van der Waals surface area (Å²) >= 11 is 0. The van der Waals surface area contributed by atoms with Crippen molar-refractivity contribution < 1.29 is 4.74 Å². The van der Waals surface area contributed by atoms with E-state index in [0.29, 0.717) is 6.61 Å². The largest absolute Gasteiger partial charge is 0.493 e. The maximum atomic E-state index is 6.55. The Balaban J connectivity index is 1.74. The molecule has 6 rings (SSSR count). The SMILES string of the molecule is CCCCOc1ccc2ccccc2c1C(c1c(C)[nH]c2ccccc12)c1c(C)[nH]c2ccccc12. The molecule has 0 aliphatic heterocycles. The Morgan fingerprint density at radius 1 is 0.639 bits per heavy atom. The van der Waals surface area contributed by atoms with Crippen molar-refractivity contribution >= 4 is 32.6 Å². The summed E-state index contributed by atoms with van der Waals surface area (Å²) in [4.78, 5) is 7.35. The number of fused-ring (bicyclic) bond motifs is 3. The highest BCUT2D eigenvalue weighted by Crippen LogP contribution is 2.47. The molecular formula is C33H32N2O. The van der Waals surface area contributed by atoms with Crippen molar-refractivity contribution in [3.63, 3.8) is 0 Å². The second-order valence-electron chi connectivity index (χ2n) is 9.75. The summed E-state index contributed by atoms with van der Waals surface area (Å²) in [6.45, 7) is 7.33. The number of aromatic amines is 2. The fraction of sp³-hybridized carbons (Fsp3) is 0.212. The Morgan fingerprint density at radius 3 is 1.81 bits per heavy atom. The minimum atomic E-state index is 0.0000246. The standard InChI is InChI=1S/C33H32N2O/c1-4-5-20-36-29-19-18-23-12-6-7-13-24(23)32(29)33(30-21(2)34-27-16-10-8-14-25(27)30)31-22(3)35-28-17-11-9-15-26(28)31/h6-19,33-35H,4-5,20H2,1-3H3. The van der Waals surface area contributed by atoms with Crippen molar-refractivity contribution in [2.24, 2.45) is 0 Å². The van der Waals surface area contributed by atoms with Crippen LogP contribution in [0.4, 0.5) is 0 Å². The Bertz CT molecular complexity index is 1610. The van der Waals surface area contributed by atoms with Crippen LogP contribution in [0.3, 0.4) is 0 Å². The van der Waals surface area contributed by atoms with Crippen LogP contribution in [-0.4, -0.2) is 16.6 Å². The third-order valence-electron chi connectivity index (χ3n) is 7.44. The van der Waals surface area contributed by atoms with Crippen molar-refractivity contribution in [1.29, 1.82) is 0 Å². The number of hydrogen-bond donors (Lipinski definition) is 2. The van der Waals surface area contributed by atoms with Crippen molar-refractivity contribution in [3.05, 3.63) is 113 Å². The highest BCUT2D eigenvalue weighted by Gasteiger charge is 2.30. The highest BCUT2D eigenvalue weighted by molar-refractivity contribution is 5.95. The molecule has 0 unspecified atom stereocenters. The van der Waals surface area contributed by atoms with Gasteiger partial charge in [0.25, 0.3) is 0 Å².